The Morgan fingerprint density at radius 2 is 1.32 bits per heavy atom. The molecule has 1 atom stereocenters. The van der Waals surface area contributed by atoms with Crippen molar-refractivity contribution >= 4 is 11.7 Å². The summed E-state index contributed by atoms with van der Waals surface area (Å²) in [5.74, 6) is 0.270. The van der Waals surface area contributed by atoms with E-state index in [1.807, 2.05) is 72.8 Å². The molecular formula is C31H28FNO4. The summed E-state index contributed by atoms with van der Waals surface area (Å²) < 4.78 is 25.6. The normalized spacial score (nSPS) is 11.5. The summed E-state index contributed by atoms with van der Waals surface area (Å²) >= 11 is 0. The summed E-state index contributed by atoms with van der Waals surface area (Å²) in [6, 6.07) is 31.4. The van der Waals surface area contributed by atoms with Crippen molar-refractivity contribution in [3.63, 3.8) is 0 Å². The van der Waals surface area contributed by atoms with Gasteiger partial charge in [-0.15, -0.1) is 0 Å². The fourth-order valence-corrected chi connectivity index (χ4v) is 3.77. The lowest BCUT2D eigenvalue weighted by Crippen LogP contribution is -2.45. The highest BCUT2D eigenvalue weighted by molar-refractivity contribution is 5.91. The minimum atomic E-state index is -0.872. The summed E-state index contributed by atoms with van der Waals surface area (Å²) in [6.45, 7) is 0.311. The second kappa shape index (κ2) is 13.1. The number of nitrogens with one attached hydrogen (secondary N) is 1. The molecule has 1 amide bonds. The quantitative estimate of drug-likeness (QED) is 0.274. The largest absolute Gasteiger partial charge is 0.457 e. The molecule has 0 aliphatic heterocycles. The van der Waals surface area contributed by atoms with Crippen LogP contribution in [-0.4, -0.2) is 24.3 Å². The zero-order chi connectivity index (χ0) is 25.9. The second-order valence-electron chi connectivity index (χ2n) is 8.59. The van der Waals surface area contributed by atoms with Crippen LogP contribution in [0.1, 0.15) is 16.7 Å². The number of rotatable bonds is 12. The van der Waals surface area contributed by atoms with Crippen LogP contribution < -0.4 is 10.1 Å². The van der Waals surface area contributed by atoms with Gasteiger partial charge in [0.2, 0.25) is 5.91 Å². The Hall–Kier alpha value is -4.29. The summed E-state index contributed by atoms with van der Waals surface area (Å²) in [5, 5.41) is 2.74. The van der Waals surface area contributed by atoms with E-state index in [9.17, 15) is 14.0 Å². The van der Waals surface area contributed by atoms with Gasteiger partial charge in [-0.25, -0.2) is 4.39 Å². The second-order valence-corrected chi connectivity index (χ2v) is 8.59. The number of carbonyl (C=O) groups is 2. The van der Waals surface area contributed by atoms with Crippen molar-refractivity contribution in [2.75, 3.05) is 6.61 Å². The Labute approximate surface area is 215 Å². The molecule has 0 spiro atoms. The van der Waals surface area contributed by atoms with Crippen molar-refractivity contribution in [1.82, 2.24) is 5.32 Å². The van der Waals surface area contributed by atoms with Gasteiger partial charge in [0.1, 0.15) is 23.4 Å². The average Bonchev–Trinajstić information content (AvgIpc) is 2.92. The fourth-order valence-electron chi connectivity index (χ4n) is 3.77. The smallest absolute Gasteiger partial charge is 0.225 e. The zero-order valence-electron chi connectivity index (χ0n) is 20.3. The highest BCUT2D eigenvalue weighted by atomic mass is 19.1. The van der Waals surface area contributed by atoms with Crippen LogP contribution >= 0.6 is 0 Å². The lowest BCUT2D eigenvalue weighted by molar-refractivity contribution is -0.128. The summed E-state index contributed by atoms with van der Waals surface area (Å²) in [7, 11) is 0. The van der Waals surface area contributed by atoms with Crippen molar-refractivity contribution in [1.29, 1.82) is 0 Å². The molecule has 0 heterocycles. The predicted octanol–water partition coefficient (Wildman–Crippen LogP) is 5.67. The van der Waals surface area contributed by atoms with Crippen LogP contribution in [0.3, 0.4) is 0 Å². The molecule has 0 aliphatic rings. The maximum absolute atomic E-state index is 14.0. The molecule has 0 aliphatic carbocycles. The van der Waals surface area contributed by atoms with Crippen LogP contribution in [0.15, 0.2) is 109 Å². The first-order chi connectivity index (χ1) is 18.1. The lowest BCUT2D eigenvalue weighted by atomic mass is 10.0. The molecule has 0 fully saturated rings. The Bertz CT molecular complexity index is 1290. The molecule has 0 aromatic heterocycles. The molecule has 5 nitrogen and oxygen atoms in total. The van der Waals surface area contributed by atoms with Gasteiger partial charge in [-0.1, -0.05) is 78.9 Å². The number of carbonyl (C=O) groups excluding carboxylic acids is 2. The molecule has 0 saturated carbocycles. The van der Waals surface area contributed by atoms with Crippen molar-refractivity contribution in [3.8, 4) is 11.5 Å². The highest BCUT2D eigenvalue weighted by Gasteiger charge is 2.22. The number of benzene rings is 4. The average molecular weight is 498 g/mol. The van der Waals surface area contributed by atoms with Gasteiger partial charge in [-0.2, -0.15) is 0 Å². The van der Waals surface area contributed by atoms with Crippen molar-refractivity contribution in [2.24, 2.45) is 0 Å². The van der Waals surface area contributed by atoms with Gasteiger partial charge in [0.15, 0.2) is 5.78 Å². The minimum Gasteiger partial charge on any atom is -0.457 e. The molecule has 188 valence electrons. The molecule has 0 bridgehead atoms. The molecule has 6 heteroatoms. The number of halogens is 1. The van der Waals surface area contributed by atoms with E-state index in [1.54, 1.807) is 30.3 Å². The molecule has 4 aromatic carbocycles. The Morgan fingerprint density at radius 1 is 0.703 bits per heavy atom. The zero-order valence-corrected chi connectivity index (χ0v) is 20.3. The summed E-state index contributed by atoms with van der Waals surface area (Å²) in [4.78, 5) is 25.9. The maximum Gasteiger partial charge on any atom is 0.225 e. The van der Waals surface area contributed by atoms with Crippen LogP contribution in [0, 0.1) is 5.82 Å². The topological polar surface area (TPSA) is 64.6 Å². The first-order valence-corrected chi connectivity index (χ1v) is 12.1. The fraction of sp³-hybridized carbons (Fsp3) is 0.161. The van der Waals surface area contributed by atoms with E-state index >= 15 is 0 Å². The van der Waals surface area contributed by atoms with Gasteiger partial charge in [0, 0.05) is 6.42 Å². The van der Waals surface area contributed by atoms with Gasteiger partial charge < -0.3 is 14.8 Å². The Morgan fingerprint density at radius 3 is 2.03 bits per heavy atom. The number of hydrogen-bond donors (Lipinski definition) is 1. The summed E-state index contributed by atoms with van der Waals surface area (Å²) in [6.07, 6.45) is -0.0639. The van der Waals surface area contributed by atoms with E-state index in [0.717, 1.165) is 16.9 Å². The number of amides is 1. The molecule has 0 radical (unpaired) electrons. The molecule has 37 heavy (non-hydrogen) atoms. The predicted molar refractivity (Wildman–Crippen MR) is 140 cm³/mol. The molecule has 1 N–H and O–H groups in total. The number of ether oxygens (including phenoxy) is 2. The molecule has 4 aromatic rings. The number of hydrogen-bond acceptors (Lipinski definition) is 4. The van der Waals surface area contributed by atoms with Crippen molar-refractivity contribution in [2.45, 2.75) is 25.5 Å². The van der Waals surface area contributed by atoms with E-state index in [2.05, 4.69) is 5.32 Å². The molecule has 4 rings (SSSR count). The van der Waals surface area contributed by atoms with Gasteiger partial charge in [-0.3, -0.25) is 9.59 Å². The summed E-state index contributed by atoms with van der Waals surface area (Å²) in [5.41, 5.74) is 2.01. The maximum atomic E-state index is 14.0. The van der Waals surface area contributed by atoms with Crippen LogP contribution in [0.2, 0.25) is 0 Å². The lowest BCUT2D eigenvalue weighted by Gasteiger charge is -2.18. The molecule has 0 saturated heterocycles. The molecule has 1 unspecified atom stereocenters. The number of Topliss-reactive ketones (excluding diaryl/α,β-unsaturated/α-hetero) is 1. The Balaban J connectivity index is 1.39. The van der Waals surface area contributed by atoms with E-state index < -0.39 is 17.8 Å². The molecular weight excluding hydrogens is 469 g/mol. The van der Waals surface area contributed by atoms with E-state index in [-0.39, 0.29) is 30.8 Å². The van der Waals surface area contributed by atoms with Gasteiger partial charge in [0.25, 0.3) is 0 Å². The van der Waals surface area contributed by atoms with Crippen LogP contribution in [-0.2, 0) is 33.8 Å². The third-order valence-electron chi connectivity index (χ3n) is 5.71. The van der Waals surface area contributed by atoms with Crippen LogP contribution in [0.25, 0.3) is 0 Å². The van der Waals surface area contributed by atoms with Crippen LogP contribution in [0.4, 0.5) is 4.39 Å². The van der Waals surface area contributed by atoms with Crippen molar-refractivity contribution < 1.29 is 23.5 Å². The standard InChI is InChI=1S/C31H28FNO4/c32-28-14-8-7-11-25(28)20-31(35)33-29(22-36-21-24-9-3-1-4-10-24)30(34)19-23-15-17-27(18-16-23)37-26-12-5-2-6-13-26/h1-18,29H,19-22H2,(H,33,35). The van der Waals surface area contributed by atoms with E-state index in [4.69, 9.17) is 9.47 Å². The van der Waals surface area contributed by atoms with Crippen LogP contribution in [0.5, 0.6) is 11.5 Å². The first-order valence-electron chi connectivity index (χ1n) is 12.1. The van der Waals surface area contributed by atoms with Gasteiger partial charge in [-0.05, 0) is 47.0 Å². The highest BCUT2D eigenvalue weighted by Crippen LogP contribution is 2.21. The van der Waals surface area contributed by atoms with E-state index in [0.29, 0.717) is 12.4 Å². The first kappa shape index (κ1) is 25.8. The Kier molecular flexibility index (Phi) is 9.16. The number of para-hydroxylation sites is 1. The van der Waals surface area contributed by atoms with E-state index in [1.165, 1.54) is 6.07 Å². The van der Waals surface area contributed by atoms with Gasteiger partial charge >= 0.3 is 0 Å². The SMILES string of the molecule is O=C(Cc1ccccc1F)NC(COCc1ccccc1)C(=O)Cc1ccc(Oc2ccccc2)cc1. The minimum absolute atomic E-state index is 0.00589. The third kappa shape index (κ3) is 8.12. The number of ketones is 1. The monoisotopic (exact) mass is 497 g/mol. The van der Waals surface area contributed by atoms with Gasteiger partial charge in [0.05, 0.1) is 19.6 Å². The third-order valence-corrected chi connectivity index (χ3v) is 5.71. The van der Waals surface area contributed by atoms with Crippen molar-refractivity contribution in [3.05, 3.63) is 132 Å².